The summed E-state index contributed by atoms with van der Waals surface area (Å²) in [4.78, 5) is 101. The number of aliphatic carboxylic acids is 1. The fraction of sp³-hybridized carbons (Fsp3) is 0.444. The molecule has 294 valence electrons. The molecule has 7 amide bonds. The molecule has 12 N–H and O–H groups in total. The van der Waals surface area contributed by atoms with Gasteiger partial charge in [-0.2, -0.15) is 0 Å². The van der Waals surface area contributed by atoms with Gasteiger partial charge in [-0.1, -0.05) is 68.4 Å². The van der Waals surface area contributed by atoms with Gasteiger partial charge in [0.15, 0.2) is 0 Å². The largest absolute Gasteiger partial charge is 0.481 e. The van der Waals surface area contributed by atoms with Crippen molar-refractivity contribution >= 4 is 47.3 Å². The molecule has 0 aliphatic carbocycles. The van der Waals surface area contributed by atoms with E-state index in [4.69, 9.17) is 21.7 Å². The molecule has 0 radical (unpaired) electrons. The number of benzene rings is 2. The lowest BCUT2D eigenvalue weighted by atomic mass is 9.99. The number of nitrogens with two attached hydrogens (primary N) is 2. The van der Waals surface area contributed by atoms with Crippen molar-refractivity contribution in [3.63, 3.8) is 0 Å². The summed E-state index contributed by atoms with van der Waals surface area (Å²) in [6.07, 6.45) is -1.21. The van der Waals surface area contributed by atoms with Crippen molar-refractivity contribution in [1.82, 2.24) is 31.9 Å². The average molecular weight is 755 g/mol. The summed E-state index contributed by atoms with van der Waals surface area (Å²) in [6.45, 7) is 4.31. The summed E-state index contributed by atoms with van der Waals surface area (Å²) in [7, 11) is 0. The fourth-order valence-corrected chi connectivity index (χ4v) is 4.99. The van der Waals surface area contributed by atoms with E-state index in [-0.39, 0.29) is 26.1 Å². The highest BCUT2D eigenvalue weighted by atomic mass is 16.4. The molecule has 18 heteroatoms. The Labute approximate surface area is 312 Å². The number of carboxylic acids is 1. The summed E-state index contributed by atoms with van der Waals surface area (Å²) in [6, 6.07) is 9.57. The van der Waals surface area contributed by atoms with Gasteiger partial charge in [0.2, 0.25) is 41.4 Å². The van der Waals surface area contributed by atoms with Gasteiger partial charge < -0.3 is 53.6 Å². The molecule has 0 unspecified atom stereocenters. The van der Waals surface area contributed by atoms with E-state index in [0.29, 0.717) is 12.0 Å². The zero-order valence-electron chi connectivity index (χ0n) is 30.4. The first-order valence-corrected chi connectivity index (χ1v) is 17.3. The smallest absolute Gasteiger partial charge is 0.305 e. The maximum atomic E-state index is 13.6. The molecule has 0 aliphatic rings. The molecule has 2 aromatic rings. The van der Waals surface area contributed by atoms with Crippen molar-refractivity contribution in [2.24, 2.45) is 17.4 Å². The van der Waals surface area contributed by atoms with Crippen LogP contribution in [0.4, 0.5) is 0 Å². The van der Waals surface area contributed by atoms with Crippen LogP contribution in [-0.2, 0) is 44.8 Å². The van der Waals surface area contributed by atoms with Crippen LogP contribution in [0, 0.1) is 5.92 Å². The lowest BCUT2D eigenvalue weighted by Gasteiger charge is -2.26. The highest BCUT2D eigenvalue weighted by Crippen LogP contribution is 2.20. The molecular formula is C36H50N8O10. The second-order valence-electron chi connectivity index (χ2n) is 12.9. The summed E-state index contributed by atoms with van der Waals surface area (Å²) >= 11 is 0. The number of carbonyl (C=O) groups is 8. The van der Waals surface area contributed by atoms with Gasteiger partial charge in [-0.3, -0.25) is 38.4 Å². The summed E-state index contributed by atoms with van der Waals surface area (Å²) in [5.41, 5.74) is 13.5. The molecule has 0 aromatic heterocycles. The van der Waals surface area contributed by atoms with E-state index in [1.807, 2.05) is 30.3 Å². The Morgan fingerprint density at radius 2 is 1.28 bits per heavy atom. The Morgan fingerprint density at radius 3 is 1.85 bits per heavy atom. The number of aliphatic hydroxyl groups is 1. The molecule has 18 nitrogen and oxygen atoms in total. The van der Waals surface area contributed by atoms with Gasteiger partial charge in [-0.15, -0.1) is 0 Å². The van der Waals surface area contributed by atoms with E-state index >= 15 is 0 Å². The number of primary amides is 1. The Hall–Kier alpha value is -5.88. The van der Waals surface area contributed by atoms with E-state index in [9.17, 15) is 38.4 Å². The van der Waals surface area contributed by atoms with Crippen molar-refractivity contribution in [2.75, 3.05) is 19.7 Å². The fourth-order valence-electron chi connectivity index (χ4n) is 4.99. The normalized spacial score (nSPS) is 13.6. The molecule has 0 saturated carbocycles. The van der Waals surface area contributed by atoms with Crippen LogP contribution in [0.2, 0.25) is 0 Å². The number of aliphatic hydroxyl groups excluding tert-OH is 1. The van der Waals surface area contributed by atoms with Crippen LogP contribution < -0.4 is 43.4 Å². The third kappa shape index (κ3) is 15.4. The molecule has 2 aromatic carbocycles. The zero-order chi connectivity index (χ0) is 40.4. The van der Waals surface area contributed by atoms with Gasteiger partial charge in [0.1, 0.15) is 24.2 Å². The quantitative estimate of drug-likeness (QED) is 0.0576. The van der Waals surface area contributed by atoms with E-state index in [0.717, 1.165) is 11.1 Å². The minimum atomic E-state index is -1.62. The van der Waals surface area contributed by atoms with Crippen LogP contribution in [0.3, 0.4) is 0 Å². The second kappa shape index (κ2) is 22.2. The molecule has 0 fully saturated rings. The number of hydrogen-bond donors (Lipinski definition) is 10. The van der Waals surface area contributed by atoms with Crippen LogP contribution in [0.5, 0.6) is 0 Å². The van der Waals surface area contributed by atoms with Crippen LogP contribution in [0.25, 0.3) is 11.1 Å². The summed E-state index contributed by atoms with van der Waals surface area (Å²) in [5, 5.41) is 32.6. The molecule has 5 atom stereocenters. The Bertz CT molecular complexity index is 1620. The Morgan fingerprint density at radius 1 is 0.685 bits per heavy atom. The summed E-state index contributed by atoms with van der Waals surface area (Å²) in [5.74, 6) is -7.62. The van der Waals surface area contributed by atoms with E-state index in [1.54, 1.807) is 38.1 Å². The highest BCUT2D eigenvalue weighted by molar-refractivity contribution is 5.98. The topological polar surface area (TPSA) is 301 Å². The monoisotopic (exact) mass is 754 g/mol. The SMILES string of the molecule is CC(C)[C@H](NC(=O)[C@H](C)NC(=O)[C@H](CC(N)=O)NC(=O)[C@H](Cc1ccc(-c2ccccc2)cc1)NC(=O)[C@@H](N)CC(=O)O)C(=O)NCC(=O)NCCCO. The van der Waals surface area contributed by atoms with Crippen molar-refractivity contribution in [3.8, 4) is 11.1 Å². The Balaban J connectivity index is 2.19. The third-order valence-electron chi connectivity index (χ3n) is 7.98. The van der Waals surface area contributed by atoms with Gasteiger partial charge in [-0.05, 0) is 36.0 Å². The van der Waals surface area contributed by atoms with Crippen LogP contribution in [0.15, 0.2) is 54.6 Å². The van der Waals surface area contributed by atoms with E-state index < -0.39 is 96.3 Å². The maximum Gasteiger partial charge on any atom is 0.305 e. The van der Waals surface area contributed by atoms with Crippen molar-refractivity contribution in [1.29, 1.82) is 0 Å². The third-order valence-corrected chi connectivity index (χ3v) is 7.98. The lowest BCUT2D eigenvalue weighted by Crippen LogP contribution is -2.59. The van der Waals surface area contributed by atoms with Gasteiger partial charge in [-0.25, -0.2) is 0 Å². The van der Waals surface area contributed by atoms with Gasteiger partial charge in [0.25, 0.3) is 0 Å². The molecule has 54 heavy (non-hydrogen) atoms. The molecule has 0 heterocycles. The highest BCUT2D eigenvalue weighted by Gasteiger charge is 2.32. The van der Waals surface area contributed by atoms with E-state index in [2.05, 4.69) is 31.9 Å². The first kappa shape index (κ1) is 44.3. The lowest BCUT2D eigenvalue weighted by molar-refractivity contribution is -0.140. The average Bonchev–Trinajstić information content (AvgIpc) is 3.12. The number of carbonyl (C=O) groups excluding carboxylic acids is 7. The molecule has 0 saturated heterocycles. The summed E-state index contributed by atoms with van der Waals surface area (Å²) < 4.78 is 0. The first-order valence-electron chi connectivity index (χ1n) is 17.3. The molecular weight excluding hydrogens is 704 g/mol. The Kier molecular flexibility index (Phi) is 18.2. The predicted molar refractivity (Wildman–Crippen MR) is 196 cm³/mol. The minimum absolute atomic E-state index is 0.118. The number of nitrogens with one attached hydrogen (secondary N) is 6. The molecule has 0 aliphatic heterocycles. The van der Waals surface area contributed by atoms with Crippen molar-refractivity contribution < 1.29 is 48.6 Å². The number of amides is 7. The predicted octanol–water partition coefficient (Wildman–Crippen LogP) is -2.20. The van der Waals surface area contributed by atoms with Crippen LogP contribution in [0.1, 0.15) is 45.6 Å². The second-order valence-corrected chi connectivity index (χ2v) is 12.9. The van der Waals surface area contributed by atoms with Crippen LogP contribution in [-0.4, -0.2) is 107 Å². The number of carboxylic acid groups (broad SMARTS) is 1. The van der Waals surface area contributed by atoms with Gasteiger partial charge in [0.05, 0.1) is 25.4 Å². The van der Waals surface area contributed by atoms with Crippen molar-refractivity contribution in [2.45, 2.75) is 76.7 Å². The minimum Gasteiger partial charge on any atom is -0.481 e. The molecule has 0 bridgehead atoms. The molecule has 2 rings (SSSR count). The van der Waals surface area contributed by atoms with Crippen LogP contribution >= 0.6 is 0 Å². The van der Waals surface area contributed by atoms with Gasteiger partial charge in [0, 0.05) is 19.6 Å². The standard InChI is InChI=1S/C36H50N8O10/c1-20(2)31(36(54)40-19-29(47)39-14-7-15-45)44-32(50)21(3)41-34(52)27(18-28(38)46)43-35(53)26(42-33(51)25(37)17-30(48)49)16-22-10-12-24(13-11-22)23-8-5-4-6-9-23/h4-6,8-13,20-21,25-27,31,45H,7,14-19,37H2,1-3H3,(H2,38,46)(H,39,47)(H,40,54)(H,41,52)(H,42,51)(H,43,53)(H,44,50)(H,48,49)/t21-,25-,26-,27-,31-/m0/s1. The number of hydrogen-bond acceptors (Lipinski definition) is 10. The maximum absolute atomic E-state index is 13.6. The molecule has 0 spiro atoms. The zero-order valence-corrected chi connectivity index (χ0v) is 30.4. The first-order chi connectivity index (χ1) is 25.5. The number of rotatable bonds is 22. The van der Waals surface area contributed by atoms with Gasteiger partial charge >= 0.3 is 5.97 Å². The van der Waals surface area contributed by atoms with E-state index in [1.165, 1.54) is 6.92 Å². The van der Waals surface area contributed by atoms with Crippen molar-refractivity contribution in [3.05, 3.63) is 60.2 Å².